The number of nitrogens with zero attached hydrogens (tertiary/aromatic N) is 2. The van der Waals surface area contributed by atoms with Gasteiger partial charge in [0.25, 0.3) is 0 Å². The van der Waals surface area contributed by atoms with Crippen molar-refractivity contribution in [1.29, 1.82) is 0 Å². The molecule has 1 atom stereocenters. The Morgan fingerprint density at radius 1 is 1.31 bits per heavy atom. The van der Waals surface area contributed by atoms with Gasteiger partial charge in [-0.05, 0) is 38.8 Å². The minimum Gasteiger partial charge on any atom is -0.370 e. The van der Waals surface area contributed by atoms with Crippen molar-refractivity contribution >= 4 is 45.6 Å². The van der Waals surface area contributed by atoms with Gasteiger partial charge < -0.3 is 16.0 Å². The van der Waals surface area contributed by atoms with Gasteiger partial charge >= 0.3 is 6.18 Å². The van der Waals surface area contributed by atoms with E-state index in [0.29, 0.717) is 44.3 Å². The summed E-state index contributed by atoms with van der Waals surface area (Å²) in [4.78, 5) is 8.16. The van der Waals surface area contributed by atoms with Crippen molar-refractivity contribution in [2.45, 2.75) is 38.9 Å². The van der Waals surface area contributed by atoms with Crippen molar-refractivity contribution in [3.8, 4) is 0 Å². The monoisotopic (exact) mass is 551 g/mol. The molecule has 1 aromatic rings. The van der Waals surface area contributed by atoms with Gasteiger partial charge in [-0.2, -0.15) is 13.2 Å². The number of halogens is 4. The third-order valence-electron chi connectivity index (χ3n) is 3.65. The predicted molar refractivity (Wildman–Crippen MR) is 121 cm³/mol. The topological polar surface area (TPSA) is 95.5 Å². The van der Waals surface area contributed by atoms with Crippen LogP contribution in [-0.2, 0) is 16.0 Å². The molecule has 0 bridgehead atoms. The lowest BCUT2D eigenvalue weighted by Crippen LogP contribution is -2.43. The van der Waals surface area contributed by atoms with E-state index in [9.17, 15) is 21.6 Å². The molecule has 29 heavy (non-hydrogen) atoms. The number of aromatic nitrogens is 1. The summed E-state index contributed by atoms with van der Waals surface area (Å²) >= 11 is 0. The number of aliphatic imine (C=N–C) groups is 1. The summed E-state index contributed by atoms with van der Waals surface area (Å²) in [6, 6.07) is 2.22. The second-order valence-electron chi connectivity index (χ2n) is 6.43. The zero-order valence-electron chi connectivity index (χ0n) is 16.7. The molecule has 0 aromatic carbocycles. The Hall–Kier alpha value is -1.31. The number of rotatable bonds is 10. The van der Waals surface area contributed by atoms with Gasteiger partial charge in [-0.1, -0.05) is 0 Å². The lowest BCUT2D eigenvalue weighted by Gasteiger charge is -2.17. The number of hydrogen-bond acceptors (Lipinski definition) is 5. The van der Waals surface area contributed by atoms with Crippen LogP contribution in [0.15, 0.2) is 23.3 Å². The fraction of sp³-hybridized carbons (Fsp3) is 0.647. The van der Waals surface area contributed by atoms with Crippen LogP contribution in [0.2, 0.25) is 0 Å². The first-order chi connectivity index (χ1) is 13.0. The first-order valence-electron chi connectivity index (χ1n) is 9.01. The molecule has 0 aliphatic rings. The molecule has 7 nitrogen and oxygen atoms in total. The fourth-order valence-corrected chi connectivity index (χ4v) is 2.95. The summed E-state index contributed by atoms with van der Waals surface area (Å²) in [5.41, 5.74) is -0.783. The number of hydrogen-bond donors (Lipinski definition) is 3. The highest BCUT2D eigenvalue weighted by atomic mass is 127. The first-order valence-corrected chi connectivity index (χ1v) is 11.1. The number of sulfone groups is 1. The summed E-state index contributed by atoms with van der Waals surface area (Å²) in [5.74, 6) is 1.07. The zero-order valence-corrected chi connectivity index (χ0v) is 19.9. The standard InChI is InChI=1S/C17H28F3N5O2S.HI/c1-4-21-16(25-13(2)8-11-28(3,26)27)23-10-5-9-22-15-7-6-14(12-24-15)17(18,19)20;/h6-7,12-13H,4-5,8-11H2,1-3H3,(H,22,24)(H2,21,23,25);1H. The summed E-state index contributed by atoms with van der Waals surface area (Å²) in [5, 5.41) is 9.20. The summed E-state index contributed by atoms with van der Waals surface area (Å²) in [6.07, 6.45) is -1.27. The number of guanidine groups is 1. The van der Waals surface area contributed by atoms with E-state index in [2.05, 4.69) is 25.9 Å². The maximum atomic E-state index is 12.5. The van der Waals surface area contributed by atoms with Crippen molar-refractivity contribution in [1.82, 2.24) is 15.6 Å². The Morgan fingerprint density at radius 2 is 2.00 bits per heavy atom. The van der Waals surface area contributed by atoms with Crippen LogP contribution in [0.4, 0.5) is 19.0 Å². The minimum atomic E-state index is -4.39. The molecule has 1 unspecified atom stereocenters. The normalized spacial score (nSPS) is 13.4. The second kappa shape index (κ2) is 13.1. The van der Waals surface area contributed by atoms with Gasteiger partial charge in [0.2, 0.25) is 0 Å². The molecule has 0 saturated carbocycles. The van der Waals surface area contributed by atoms with Crippen molar-refractivity contribution in [2.24, 2.45) is 4.99 Å². The van der Waals surface area contributed by atoms with E-state index in [0.717, 1.165) is 12.3 Å². The maximum absolute atomic E-state index is 12.5. The van der Waals surface area contributed by atoms with Crippen molar-refractivity contribution in [2.75, 3.05) is 37.0 Å². The number of pyridine rings is 1. The summed E-state index contributed by atoms with van der Waals surface area (Å²) < 4.78 is 59.9. The van der Waals surface area contributed by atoms with Crippen LogP contribution in [-0.4, -0.2) is 57.0 Å². The number of nitrogens with one attached hydrogen (secondary N) is 3. The van der Waals surface area contributed by atoms with Crippen LogP contribution >= 0.6 is 24.0 Å². The smallest absolute Gasteiger partial charge is 0.370 e. The predicted octanol–water partition coefficient (Wildman–Crippen LogP) is 2.90. The Balaban J connectivity index is 0.00000784. The van der Waals surface area contributed by atoms with Gasteiger partial charge in [0.1, 0.15) is 15.7 Å². The van der Waals surface area contributed by atoms with Crippen LogP contribution in [0, 0.1) is 0 Å². The van der Waals surface area contributed by atoms with E-state index in [1.165, 1.54) is 12.3 Å². The first kappa shape index (κ1) is 27.7. The number of alkyl halides is 3. The highest BCUT2D eigenvalue weighted by Crippen LogP contribution is 2.28. The van der Waals surface area contributed by atoms with Gasteiger partial charge in [-0.3, -0.25) is 4.99 Å². The lowest BCUT2D eigenvalue weighted by atomic mass is 10.3. The van der Waals surface area contributed by atoms with E-state index in [1.807, 2.05) is 13.8 Å². The molecule has 0 amide bonds. The molecule has 3 N–H and O–H groups in total. The minimum absolute atomic E-state index is 0. The molecule has 1 aromatic heterocycles. The lowest BCUT2D eigenvalue weighted by molar-refractivity contribution is -0.137. The Labute approximate surface area is 187 Å². The van der Waals surface area contributed by atoms with E-state index in [-0.39, 0.29) is 35.8 Å². The quantitative estimate of drug-likeness (QED) is 0.179. The average molecular weight is 551 g/mol. The van der Waals surface area contributed by atoms with Gasteiger partial charge in [0, 0.05) is 38.1 Å². The van der Waals surface area contributed by atoms with E-state index in [4.69, 9.17) is 0 Å². The molecular formula is C17H29F3IN5O2S. The molecule has 0 aliphatic heterocycles. The van der Waals surface area contributed by atoms with Gasteiger partial charge in [0.05, 0.1) is 11.3 Å². The van der Waals surface area contributed by atoms with Gasteiger partial charge in [0.15, 0.2) is 5.96 Å². The Kier molecular flexibility index (Phi) is 12.5. The molecule has 0 aliphatic carbocycles. The van der Waals surface area contributed by atoms with Crippen LogP contribution < -0.4 is 16.0 Å². The molecule has 168 valence electrons. The number of anilines is 1. The summed E-state index contributed by atoms with van der Waals surface area (Å²) in [7, 11) is -3.01. The molecule has 1 heterocycles. The van der Waals surface area contributed by atoms with E-state index >= 15 is 0 Å². The summed E-state index contributed by atoms with van der Waals surface area (Å²) in [6.45, 7) is 5.47. The van der Waals surface area contributed by atoms with Gasteiger partial charge in [-0.15, -0.1) is 24.0 Å². The van der Waals surface area contributed by atoms with Crippen molar-refractivity contribution in [3.05, 3.63) is 23.9 Å². The molecule has 1 rings (SSSR count). The van der Waals surface area contributed by atoms with Crippen LogP contribution in [0.5, 0.6) is 0 Å². The van der Waals surface area contributed by atoms with Crippen LogP contribution in [0.25, 0.3) is 0 Å². The third kappa shape index (κ3) is 12.8. The van der Waals surface area contributed by atoms with E-state index in [1.54, 1.807) is 0 Å². The fourth-order valence-electron chi connectivity index (χ4n) is 2.17. The van der Waals surface area contributed by atoms with E-state index < -0.39 is 21.6 Å². The van der Waals surface area contributed by atoms with Crippen LogP contribution in [0.1, 0.15) is 32.3 Å². The maximum Gasteiger partial charge on any atom is 0.417 e. The molecule has 0 radical (unpaired) electrons. The van der Waals surface area contributed by atoms with Crippen molar-refractivity contribution < 1.29 is 21.6 Å². The van der Waals surface area contributed by atoms with Crippen LogP contribution in [0.3, 0.4) is 0 Å². The highest BCUT2D eigenvalue weighted by molar-refractivity contribution is 14.0. The largest absolute Gasteiger partial charge is 0.417 e. The SMILES string of the molecule is CCNC(=NCCCNc1ccc(C(F)(F)F)cn1)NC(C)CCS(C)(=O)=O.I. The Bertz CT molecular complexity index is 728. The average Bonchev–Trinajstić information content (AvgIpc) is 2.59. The highest BCUT2D eigenvalue weighted by Gasteiger charge is 2.30. The Morgan fingerprint density at radius 3 is 2.52 bits per heavy atom. The molecule has 0 spiro atoms. The zero-order chi connectivity index (χ0) is 21.2. The van der Waals surface area contributed by atoms with Crippen molar-refractivity contribution in [3.63, 3.8) is 0 Å². The molecule has 12 heteroatoms. The molecular weight excluding hydrogens is 522 g/mol. The van der Waals surface area contributed by atoms with Gasteiger partial charge in [-0.25, -0.2) is 13.4 Å². The molecule has 0 saturated heterocycles. The molecule has 0 fully saturated rings. The second-order valence-corrected chi connectivity index (χ2v) is 8.69. The third-order valence-corrected chi connectivity index (χ3v) is 4.63.